The summed E-state index contributed by atoms with van der Waals surface area (Å²) in [6.07, 6.45) is 2.95. The lowest BCUT2D eigenvalue weighted by atomic mass is 9.95. The van der Waals surface area contributed by atoms with Crippen LogP contribution in [0.1, 0.15) is 17.2 Å². The van der Waals surface area contributed by atoms with Gasteiger partial charge in [-0.1, -0.05) is 11.6 Å². The number of rotatable bonds is 3. The predicted octanol–water partition coefficient (Wildman–Crippen LogP) is 4.21. The van der Waals surface area contributed by atoms with E-state index in [2.05, 4.69) is 4.98 Å². The van der Waals surface area contributed by atoms with Gasteiger partial charge in [0.1, 0.15) is 17.3 Å². The number of hydrogen-bond acceptors (Lipinski definition) is 5. The average Bonchev–Trinajstić information content (AvgIpc) is 3.01. The van der Waals surface area contributed by atoms with Crippen molar-refractivity contribution in [3.63, 3.8) is 0 Å². The van der Waals surface area contributed by atoms with Crippen LogP contribution in [0.25, 0.3) is 5.76 Å². The summed E-state index contributed by atoms with van der Waals surface area (Å²) in [6.45, 7) is 0. The molecule has 2 N–H and O–H groups in total. The lowest BCUT2D eigenvalue weighted by molar-refractivity contribution is -0.132. The molecular formula is C22H14ClFN2O4. The first-order valence-electron chi connectivity index (χ1n) is 8.84. The number of Topliss-reactive ketones (excluding diaryl/α,β-unsaturated/α-hetero) is 1. The first kappa shape index (κ1) is 19.6. The molecule has 1 aliphatic rings. The van der Waals surface area contributed by atoms with Crippen LogP contribution in [0, 0.1) is 5.82 Å². The summed E-state index contributed by atoms with van der Waals surface area (Å²) in [4.78, 5) is 30.9. The molecule has 1 fully saturated rings. The SMILES string of the molecule is O=C1C(=O)N(c2cc(Cl)ccc2O)C(c2ccncc2)/C1=C(\O)c1ccc(F)cc1. The van der Waals surface area contributed by atoms with Crippen LogP contribution in [0.4, 0.5) is 10.1 Å². The molecule has 2 heterocycles. The number of nitrogens with zero attached hydrogens (tertiary/aromatic N) is 2. The number of pyridine rings is 1. The molecule has 1 aromatic heterocycles. The van der Waals surface area contributed by atoms with E-state index in [1.54, 1.807) is 12.1 Å². The zero-order chi connectivity index (χ0) is 21.4. The second kappa shape index (κ2) is 7.61. The Balaban J connectivity index is 1.97. The molecule has 0 saturated carbocycles. The highest BCUT2D eigenvalue weighted by molar-refractivity contribution is 6.52. The molecule has 30 heavy (non-hydrogen) atoms. The maximum Gasteiger partial charge on any atom is 0.300 e. The number of aromatic nitrogens is 1. The monoisotopic (exact) mass is 424 g/mol. The molecular weight excluding hydrogens is 411 g/mol. The summed E-state index contributed by atoms with van der Waals surface area (Å²) in [7, 11) is 0. The number of ketones is 1. The number of hydrogen-bond donors (Lipinski definition) is 2. The number of aromatic hydroxyl groups is 1. The first-order chi connectivity index (χ1) is 14.4. The molecule has 150 valence electrons. The van der Waals surface area contributed by atoms with Gasteiger partial charge in [0.05, 0.1) is 17.3 Å². The zero-order valence-electron chi connectivity index (χ0n) is 15.3. The van der Waals surface area contributed by atoms with E-state index >= 15 is 0 Å². The zero-order valence-corrected chi connectivity index (χ0v) is 16.0. The van der Waals surface area contributed by atoms with Crippen molar-refractivity contribution in [2.45, 2.75) is 6.04 Å². The van der Waals surface area contributed by atoms with E-state index in [0.717, 1.165) is 17.0 Å². The molecule has 1 unspecified atom stereocenters. The van der Waals surface area contributed by atoms with Crippen LogP contribution in [0.5, 0.6) is 5.75 Å². The van der Waals surface area contributed by atoms with Crippen molar-refractivity contribution in [1.29, 1.82) is 0 Å². The summed E-state index contributed by atoms with van der Waals surface area (Å²) in [5.74, 6) is -3.13. The number of amides is 1. The molecule has 1 aliphatic heterocycles. The number of halogens is 2. The van der Waals surface area contributed by atoms with E-state index in [1.807, 2.05) is 0 Å². The van der Waals surface area contributed by atoms with Crippen molar-refractivity contribution < 1.29 is 24.2 Å². The Morgan fingerprint density at radius 3 is 2.37 bits per heavy atom. The summed E-state index contributed by atoms with van der Waals surface area (Å²) < 4.78 is 13.3. The van der Waals surface area contributed by atoms with Gasteiger partial charge in [0.25, 0.3) is 11.7 Å². The maximum absolute atomic E-state index is 13.3. The molecule has 1 saturated heterocycles. The Morgan fingerprint density at radius 2 is 1.70 bits per heavy atom. The molecule has 2 aromatic carbocycles. The molecule has 3 aromatic rings. The minimum atomic E-state index is -1.05. The minimum absolute atomic E-state index is 0.0181. The van der Waals surface area contributed by atoms with Gasteiger partial charge in [-0.25, -0.2) is 4.39 Å². The van der Waals surface area contributed by atoms with E-state index in [9.17, 15) is 24.2 Å². The highest BCUT2D eigenvalue weighted by atomic mass is 35.5. The number of anilines is 1. The van der Waals surface area contributed by atoms with Gasteiger partial charge < -0.3 is 10.2 Å². The van der Waals surface area contributed by atoms with Gasteiger partial charge >= 0.3 is 0 Å². The summed E-state index contributed by atoms with van der Waals surface area (Å²) in [6, 6.07) is 11.1. The Labute approximate surface area is 175 Å². The number of carbonyl (C=O) groups excluding carboxylic acids is 2. The molecule has 0 spiro atoms. The summed E-state index contributed by atoms with van der Waals surface area (Å²) in [5, 5.41) is 21.5. The van der Waals surface area contributed by atoms with Crippen LogP contribution in [0.3, 0.4) is 0 Å². The molecule has 0 aliphatic carbocycles. The molecule has 4 rings (SSSR count). The fourth-order valence-electron chi connectivity index (χ4n) is 3.39. The first-order valence-corrected chi connectivity index (χ1v) is 9.21. The van der Waals surface area contributed by atoms with Crippen molar-refractivity contribution in [2.24, 2.45) is 0 Å². The van der Waals surface area contributed by atoms with Gasteiger partial charge in [0.2, 0.25) is 0 Å². The highest BCUT2D eigenvalue weighted by Crippen LogP contribution is 2.45. The third kappa shape index (κ3) is 3.29. The Bertz CT molecular complexity index is 1180. The van der Waals surface area contributed by atoms with Gasteiger partial charge in [-0.15, -0.1) is 0 Å². The van der Waals surface area contributed by atoms with E-state index < -0.39 is 29.3 Å². The van der Waals surface area contributed by atoms with Crippen LogP contribution in [-0.2, 0) is 9.59 Å². The smallest absolute Gasteiger partial charge is 0.300 e. The number of aliphatic hydroxyl groups excluding tert-OH is 1. The maximum atomic E-state index is 13.3. The second-order valence-electron chi connectivity index (χ2n) is 6.59. The number of benzene rings is 2. The predicted molar refractivity (Wildman–Crippen MR) is 109 cm³/mol. The van der Waals surface area contributed by atoms with E-state index in [1.165, 1.54) is 42.7 Å². The Hall–Kier alpha value is -3.71. The Morgan fingerprint density at radius 1 is 1.03 bits per heavy atom. The van der Waals surface area contributed by atoms with Gasteiger partial charge in [-0.2, -0.15) is 0 Å². The fraction of sp³-hybridized carbons (Fsp3) is 0.0455. The van der Waals surface area contributed by atoms with Crippen LogP contribution in [0.2, 0.25) is 5.02 Å². The standard InChI is InChI=1S/C22H14ClFN2O4/c23-14-3-6-17(27)16(11-14)26-19(12-7-9-25-10-8-12)18(21(29)22(26)30)20(28)13-1-4-15(24)5-2-13/h1-11,19,27-28H/b20-18+. The molecule has 8 heteroatoms. The lowest BCUT2D eigenvalue weighted by Crippen LogP contribution is -2.29. The van der Waals surface area contributed by atoms with E-state index in [-0.39, 0.29) is 27.6 Å². The number of phenols is 1. The largest absolute Gasteiger partial charge is 0.507 e. The van der Waals surface area contributed by atoms with Crippen molar-refractivity contribution in [2.75, 3.05) is 4.90 Å². The van der Waals surface area contributed by atoms with Crippen LogP contribution >= 0.6 is 11.6 Å². The quantitative estimate of drug-likeness (QED) is 0.373. The summed E-state index contributed by atoms with van der Waals surface area (Å²) >= 11 is 6.04. The molecule has 6 nitrogen and oxygen atoms in total. The average molecular weight is 425 g/mol. The van der Waals surface area contributed by atoms with E-state index in [4.69, 9.17) is 11.6 Å². The third-order valence-corrected chi connectivity index (χ3v) is 5.02. The third-order valence-electron chi connectivity index (χ3n) is 4.78. The number of aliphatic hydroxyl groups is 1. The summed E-state index contributed by atoms with van der Waals surface area (Å²) in [5.41, 5.74) is 0.470. The topological polar surface area (TPSA) is 90.7 Å². The normalized spacial score (nSPS) is 18.1. The Kier molecular flexibility index (Phi) is 4.97. The van der Waals surface area contributed by atoms with Crippen LogP contribution in [0.15, 0.2) is 72.6 Å². The lowest BCUT2D eigenvalue weighted by Gasteiger charge is -2.26. The van der Waals surface area contributed by atoms with Gasteiger partial charge in [0.15, 0.2) is 0 Å². The fourth-order valence-corrected chi connectivity index (χ4v) is 3.56. The highest BCUT2D eigenvalue weighted by Gasteiger charge is 2.47. The minimum Gasteiger partial charge on any atom is -0.507 e. The van der Waals surface area contributed by atoms with Gasteiger partial charge in [-0.3, -0.25) is 19.5 Å². The molecule has 1 amide bonds. The van der Waals surface area contributed by atoms with Crippen LogP contribution in [-0.4, -0.2) is 26.9 Å². The number of carbonyl (C=O) groups is 2. The molecule has 0 radical (unpaired) electrons. The van der Waals surface area contributed by atoms with Crippen molar-refractivity contribution in [3.05, 3.63) is 94.5 Å². The number of phenolic OH excluding ortho intramolecular Hbond substituents is 1. The van der Waals surface area contributed by atoms with Crippen molar-refractivity contribution in [1.82, 2.24) is 4.98 Å². The molecule has 0 bridgehead atoms. The van der Waals surface area contributed by atoms with E-state index in [0.29, 0.717) is 5.56 Å². The van der Waals surface area contributed by atoms with Crippen molar-refractivity contribution >= 4 is 34.7 Å². The van der Waals surface area contributed by atoms with Gasteiger partial charge in [0, 0.05) is 23.0 Å². The van der Waals surface area contributed by atoms with Gasteiger partial charge in [-0.05, 0) is 60.2 Å². The molecule has 1 atom stereocenters. The second-order valence-corrected chi connectivity index (χ2v) is 7.03. The van der Waals surface area contributed by atoms with Crippen molar-refractivity contribution in [3.8, 4) is 5.75 Å². The van der Waals surface area contributed by atoms with Crippen LogP contribution < -0.4 is 4.90 Å².